The minimum Gasteiger partial charge on any atom is -0.356 e. The van der Waals surface area contributed by atoms with Gasteiger partial charge in [-0.05, 0) is 69.1 Å². The van der Waals surface area contributed by atoms with Gasteiger partial charge in [-0.1, -0.05) is 24.6 Å². The molecule has 12 nitrogen and oxygen atoms in total. The zero-order valence-corrected chi connectivity index (χ0v) is 27.9. The summed E-state index contributed by atoms with van der Waals surface area (Å²) in [5.74, 6) is 0.396. The third-order valence-corrected chi connectivity index (χ3v) is 12.8. The quantitative estimate of drug-likeness (QED) is 0.380. The first-order valence-corrected chi connectivity index (χ1v) is 18.5. The average Bonchev–Trinajstić information content (AvgIpc) is 3.45. The first-order valence-electron chi connectivity index (χ1n) is 17.0. The first-order chi connectivity index (χ1) is 22.2. The van der Waals surface area contributed by atoms with Crippen LogP contribution in [-0.2, 0) is 26.1 Å². The van der Waals surface area contributed by atoms with Crippen LogP contribution >= 0.6 is 0 Å². The second-order valence-corrected chi connectivity index (χ2v) is 15.9. The molecule has 4 bridgehead atoms. The van der Waals surface area contributed by atoms with Crippen LogP contribution in [0.15, 0.2) is 30.6 Å². The van der Waals surface area contributed by atoms with Crippen molar-refractivity contribution in [2.45, 2.75) is 114 Å². The Morgan fingerprint density at radius 1 is 1.02 bits per heavy atom. The minimum absolute atomic E-state index is 0.0246. The molecule has 5 aliphatic rings. The van der Waals surface area contributed by atoms with Crippen LogP contribution in [0.5, 0.6) is 0 Å². The predicted molar refractivity (Wildman–Crippen MR) is 175 cm³/mol. The lowest BCUT2D eigenvalue weighted by molar-refractivity contribution is -0.145. The van der Waals surface area contributed by atoms with Gasteiger partial charge >= 0.3 is 0 Å². The van der Waals surface area contributed by atoms with Crippen molar-refractivity contribution in [2.75, 3.05) is 25.0 Å². The lowest BCUT2D eigenvalue weighted by atomic mass is 9.87. The Morgan fingerprint density at radius 2 is 1.80 bits per heavy atom. The van der Waals surface area contributed by atoms with Gasteiger partial charge in [-0.25, -0.2) is 13.4 Å². The van der Waals surface area contributed by atoms with E-state index in [4.69, 9.17) is 9.72 Å². The number of carbonyl (C=O) groups excluding carboxylic acids is 1. The fourth-order valence-corrected chi connectivity index (χ4v) is 9.73. The molecule has 2 aliphatic carbocycles. The minimum atomic E-state index is -3.75. The number of ether oxygens (including phenoxy) is 1. The summed E-state index contributed by atoms with van der Waals surface area (Å²) in [7, 11) is -1.69. The average molecular weight is 653 g/mol. The van der Waals surface area contributed by atoms with Crippen LogP contribution in [0.1, 0.15) is 79.8 Å². The Labute approximate surface area is 272 Å². The van der Waals surface area contributed by atoms with E-state index in [-0.39, 0.29) is 24.1 Å². The molecule has 0 radical (unpaired) electrons. The number of benzene rings is 1. The second kappa shape index (κ2) is 13.1. The van der Waals surface area contributed by atoms with Crippen LogP contribution < -0.4 is 25.6 Å². The van der Waals surface area contributed by atoms with Gasteiger partial charge < -0.3 is 19.9 Å². The molecule has 4 heterocycles. The monoisotopic (exact) mass is 652 g/mol. The molecule has 4 N–H and O–H groups in total. The summed E-state index contributed by atoms with van der Waals surface area (Å²) in [6.45, 7) is 5.66. The summed E-state index contributed by atoms with van der Waals surface area (Å²) >= 11 is 0. The van der Waals surface area contributed by atoms with Crippen molar-refractivity contribution >= 4 is 21.7 Å². The molecule has 7 atom stereocenters. The molecule has 1 aromatic carbocycles. The van der Waals surface area contributed by atoms with Crippen molar-refractivity contribution in [2.24, 2.45) is 5.92 Å². The maximum atomic E-state index is 14.5. The van der Waals surface area contributed by atoms with Crippen LogP contribution in [0.25, 0.3) is 0 Å². The molecule has 5 unspecified atom stereocenters. The standard InChI is InChI=1S/C33H48N8O4S/c1-20-7-4-8-21(2)31(20)26-14-30-38-33(37-26)39-46(43,44)25-12-5-9-22(13-25)32(42)41(27-16-35-17-28(27)45-30)19-23-15-34-18-29(36-23)40(3)24-10-6-11-24/h4,7-8,15,18,22,24-28,30,33,35,37-39H,5-6,9-14,16-17,19H2,1-3H3/t22?,25?,26?,27-,28-,30?,33?/m1/s1. The van der Waals surface area contributed by atoms with E-state index in [1.165, 1.54) is 6.42 Å². The molecule has 0 spiro atoms. The fraction of sp³-hybridized carbons (Fsp3) is 0.667. The van der Waals surface area contributed by atoms with E-state index in [1.54, 1.807) is 12.4 Å². The molecule has 5 fully saturated rings. The molecule has 1 aromatic heterocycles. The normalized spacial score (nSPS) is 33.2. The molecule has 3 saturated heterocycles. The highest BCUT2D eigenvalue weighted by Gasteiger charge is 2.45. The van der Waals surface area contributed by atoms with E-state index < -0.39 is 33.7 Å². The maximum absolute atomic E-state index is 14.5. The third-order valence-electron chi connectivity index (χ3n) is 10.9. The third kappa shape index (κ3) is 6.42. The smallest absolute Gasteiger partial charge is 0.226 e. The van der Waals surface area contributed by atoms with Gasteiger partial charge in [0.05, 0.1) is 42.0 Å². The van der Waals surface area contributed by atoms with Crippen LogP contribution in [0.3, 0.4) is 0 Å². The van der Waals surface area contributed by atoms with E-state index in [9.17, 15) is 13.2 Å². The SMILES string of the molecule is Cc1cccc(C)c1C1CC2NC(N1)NS(=O)(=O)C1CCCC(C1)C(=O)N(Cc1cncc(N(C)C3CCC3)n1)[C@@H]1CNC[C@H]1O2. The van der Waals surface area contributed by atoms with Crippen LogP contribution in [-0.4, -0.2) is 85.3 Å². The van der Waals surface area contributed by atoms with E-state index in [0.717, 1.165) is 41.0 Å². The predicted octanol–water partition coefficient (Wildman–Crippen LogP) is 2.19. The highest BCUT2D eigenvalue weighted by molar-refractivity contribution is 7.90. The van der Waals surface area contributed by atoms with E-state index in [0.29, 0.717) is 57.8 Å². The number of anilines is 1. The number of fused-ring (bicyclic) bond motifs is 5. The van der Waals surface area contributed by atoms with E-state index in [1.807, 2.05) is 11.0 Å². The Balaban J connectivity index is 1.22. The zero-order chi connectivity index (χ0) is 32.0. The van der Waals surface area contributed by atoms with Gasteiger partial charge in [-0.15, -0.1) is 0 Å². The number of nitrogens with one attached hydrogen (secondary N) is 4. The van der Waals surface area contributed by atoms with Gasteiger partial charge in [0.15, 0.2) is 0 Å². The lowest BCUT2D eigenvalue weighted by Crippen LogP contribution is -2.64. The molecule has 1 amide bonds. The Bertz CT molecular complexity index is 1520. The number of rotatable bonds is 5. The number of aryl methyl sites for hydroxylation is 2. The van der Waals surface area contributed by atoms with Crippen LogP contribution in [0.4, 0.5) is 5.82 Å². The topological polar surface area (TPSA) is 141 Å². The Hall–Kier alpha value is -2.68. The lowest BCUT2D eigenvalue weighted by Gasteiger charge is -2.41. The number of sulfonamides is 1. The van der Waals surface area contributed by atoms with E-state index >= 15 is 0 Å². The highest BCUT2D eigenvalue weighted by Crippen LogP contribution is 2.34. The van der Waals surface area contributed by atoms with Crippen molar-refractivity contribution in [3.63, 3.8) is 0 Å². The van der Waals surface area contributed by atoms with Gasteiger partial charge in [-0.3, -0.25) is 20.4 Å². The second-order valence-electron chi connectivity index (χ2n) is 13.9. The number of aromatic nitrogens is 2. The number of amides is 1. The molecule has 3 aliphatic heterocycles. The summed E-state index contributed by atoms with van der Waals surface area (Å²) in [5.41, 5.74) is 4.18. The summed E-state index contributed by atoms with van der Waals surface area (Å²) in [4.78, 5) is 28.1. The molecule has 250 valence electrons. The summed E-state index contributed by atoms with van der Waals surface area (Å²) < 4.78 is 37.5. The van der Waals surface area contributed by atoms with Gasteiger partial charge in [-0.2, -0.15) is 4.72 Å². The zero-order valence-electron chi connectivity index (χ0n) is 27.1. The first kappa shape index (κ1) is 31.9. The number of hydrogen-bond donors (Lipinski definition) is 4. The van der Waals surface area contributed by atoms with Gasteiger partial charge in [0.1, 0.15) is 18.3 Å². The van der Waals surface area contributed by atoms with Crippen molar-refractivity contribution < 1.29 is 17.9 Å². The van der Waals surface area contributed by atoms with Gasteiger partial charge in [0, 0.05) is 44.6 Å². The summed E-state index contributed by atoms with van der Waals surface area (Å²) in [5, 5.41) is 9.77. The van der Waals surface area contributed by atoms with Crippen molar-refractivity contribution in [3.05, 3.63) is 53.0 Å². The largest absolute Gasteiger partial charge is 0.356 e. The molecule has 2 saturated carbocycles. The molecule has 2 aromatic rings. The van der Waals surface area contributed by atoms with Crippen molar-refractivity contribution in [3.8, 4) is 0 Å². The molecular weight excluding hydrogens is 604 g/mol. The number of carbonyl (C=O) groups is 1. The summed E-state index contributed by atoms with van der Waals surface area (Å²) in [6, 6.07) is 6.34. The van der Waals surface area contributed by atoms with Crippen molar-refractivity contribution in [1.29, 1.82) is 0 Å². The van der Waals surface area contributed by atoms with Crippen molar-refractivity contribution in [1.82, 2.24) is 35.5 Å². The highest BCUT2D eigenvalue weighted by atomic mass is 32.2. The molecule has 13 heteroatoms. The number of nitrogens with zero attached hydrogens (tertiary/aromatic N) is 4. The van der Waals surface area contributed by atoms with E-state index in [2.05, 4.69) is 63.6 Å². The maximum Gasteiger partial charge on any atom is 0.226 e. The molecular formula is C33H48N8O4S. The Kier molecular flexibility index (Phi) is 9.07. The molecule has 46 heavy (non-hydrogen) atoms. The molecule has 7 rings (SSSR count). The Morgan fingerprint density at radius 3 is 2.57 bits per heavy atom. The van der Waals surface area contributed by atoms with Crippen LogP contribution in [0, 0.1) is 19.8 Å². The number of hydrogen-bond acceptors (Lipinski definition) is 10. The van der Waals surface area contributed by atoms with Gasteiger partial charge in [0.25, 0.3) is 0 Å². The van der Waals surface area contributed by atoms with Gasteiger partial charge in [0.2, 0.25) is 15.9 Å². The van der Waals surface area contributed by atoms with Crippen LogP contribution in [0.2, 0.25) is 0 Å². The summed E-state index contributed by atoms with van der Waals surface area (Å²) in [6.07, 6.45) is 8.40. The fourth-order valence-electron chi connectivity index (χ4n) is 8.11.